The summed E-state index contributed by atoms with van der Waals surface area (Å²) in [5.74, 6) is 0.788. The third-order valence-electron chi connectivity index (χ3n) is 5.55. The van der Waals surface area contributed by atoms with E-state index < -0.39 is 6.10 Å². The second-order valence-corrected chi connectivity index (χ2v) is 7.47. The van der Waals surface area contributed by atoms with Gasteiger partial charge in [0.1, 0.15) is 11.9 Å². The lowest BCUT2D eigenvalue weighted by molar-refractivity contribution is -0.131. The number of amides is 1. The number of nitrogens with zero attached hydrogens (tertiary/aromatic N) is 3. The van der Waals surface area contributed by atoms with Gasteiger partial charge in [0.2, 0.25) is 5.91 Å². The molecule has 1 amide bonds. The first kappa shape index (κ1) is 18.7. The summed E-state index contributed by atoms with van der Waals surface area (Å²) in [6, 6.07) is 17.4. The predicted molar refractivity (Wildman–Crippen MR) is 110 cm³/mol. The van der Waals surface area contributed by atoms with Crippen molar-refractivity contribution in [3.05, 3.63) is 66.0 Å². The number of likely N-dealkylation sites (tertiary alicyclic amines) is 1. The van der Waals surface area contributed by atoms with Crippen molar-refractivity contribution in [1.82, 2.24) is 14.5 Å². The average molecular weight is 377 g/mol. The minimum atomic E-state index is -0.818. The SMILES string of the molecule is O=C(CCn1c(C(O)c2ccccc2)nc2ccccc21)N1CCCCCC1. The molecular formula is C23H27N3O2. The Bertz CT molecular complexity index is 927. The number of rotatable bonds is 5. The van der Waals surface area contributed by atoms with Gasteiger partial charge in [-0.3, -0.25) is 4.79 Å². The zero-order valence-corrected chi connectivity index (χ0v) is 16.1. The van der Waals surface area contributed by atoms with Gasteiger partial charge in [-0.05, 0) is 30.5 Å². The van der Waals surface area contributed by atoms with Crippen LogP contribution in [-0.4, -0.2) is 38.6 Å². The molecule has 1 saturated heterocycles. The van der Waals surface area contributed by atoms with Crippen molar-refractivity contribution in [3.8, 4) is 0 Å². The van der Waals surface area contributed by atoms with Crippen LogP contribution in [0.25, 0.3) is 11.0 Å². The van der Waals surface area contributed by atoms with Crippen LogP contribution in [0, 0.1) is 0 Å². The van der Waals surface area contributed by atoms with Gasteiger partial charge in [-0.25, -0.2) is 4.98 Å². The van der Waals surface area contributed by atoms with Crippen molar-refractivity contribution in [2.24, 2.45) is 0 Å². The zero-order chi connectivity index (χ0) is 19.3. The average Bonchev–Trinajstić information content (AvgIpc) is 2.90. The molecule has 0 radical (unpaired) electrons. The number of aryl methyl sites for hydroxylation is 1. The van der Waals surface area contributed by atoms with Crippen LogP contribution in [0.1, 0.15) is 49.6 Å². The lowest BCUT2D eigenvalue weighted by atomic mass is 10.1. The lowest BCUT2D eigenvalue weighted by Gasteiger charge is -2.21. The minimum absolute atomic E-state index is 0.194. The minimum Gasteiger partial charge on any atom is -0.380 e. The third kappa shape index (κ3) is 3.94. The normalized spacial score (nSPS) is 16.1. The monoisotopic (exact) mass is 377 g/mol. The van der Waals surface area contributed by atoms with Crippen molar-refractivity contribution >= 4 is 16.9 Å². The van der Waals surface area contributed by atoms with Crippen LogP contribution in [0.5, 0.6) is 0 Å². The highest BCUT2D eigenvalue weighted by Crippen LogP contribution is 2.26. The molecule has 1 fully saturated rings. The van der Waals surface area contributed by atoms with Gasteiger partial charge in [-0.15, -0.1) is 0 Å². The summed E-state index contributed by atoms with van der Waals surface area (Å²) in [6.45, 7) is 2.25. The van der Waals surface area contributed by atoms with E-state index in [0.717, 1.165) is 42.5 Å². The van der Waals surface area contributed by atoms with E-state index in [9.17, 15) is 9.90 Å². The van der Waals surface area contributed by atoms with E-state index in [4.69, 9.17) is 0 Å². The maximum atomic E-state index is 12.8. The number of aromatic nitrogens is 2. The van der Waals surface area contributed by atoms with Crippen molar-refractivity contribution in [2.75, 3.05) is 13.1 Å². The number of hydrogen-bond donors (Lipinski definition) is 1. The van der Waals surface area contributed by atoms with E-state index in [0.29, 0.717) is 18.8 Å². The summed E-state index contributed by atoms with van der Waals surface area (Å²) in [5.41, 5.74) is 2.60. The number of hydrogen-bond acceptors (Lipinski definition) is 3. The lowest BCUT2D eigenvalue weighted by Crippen LogP contribution is -2.32. The number of carbonyl (C=O) groups excluding carboxylic acids is 1. The molecule has 146 valence electrons. The van der Waals surface area contributed by atoms with Gasteiger partial charge in [0.05, 0.1) is 11.0 Å². The van der Waals surface area contributed by atoms with Crippen molar-refractivity contribution in [2.45, 2.75) is 44.8 Å². The van der Waals surface area contributed by atoms with Crippen molar-refractivity contribution < 1.29 is 9.90 Å². The molecule has 1 atom stereocenters. The number of carbonyl (C=O) groups is 1. The highest BCUT2D eigenvalue weighted by Gasteiger charge is 2.21. The van der Waals surface area contributed by atoms with Crippen LogP contribution in [-0.2, 0) is 11.3 Å². The Labute approximate surface area is 165 Å². The number of benzene rings is 2. The van der Waals surface area contributed by atoms with E-state index in [-0.39, 0.29) is 5.91 Å². The van der Waals surface area contributed by atoms with Gasteiger partial charge in [-0.1, -0.05) is 55.3 Å². The molecule has 1 aliphatic heterocycles. The van der Waals surface area contributed by atoms with Gasteiger partial charge in [0, 0.05) is 26.1 Å². The van der Waals surface area contributed by atoms with Crippen LogP contribution in [0.4, 0.5) is 0 Å². The molecule has 1 aromatic heterocycles. The Balaban J connectivity index is 1.59. The number of para-hydroxylation sites is 2. The second-order valence-electron chi connectivity index (χ2n) is 7.47. The number of aliphatic hydroxyl groups excluding tert-OH is 1. The largest absolute Gasteiger partial charge is 0.380 e. The smallest absolute Gasteiger partial charge is 0.224 e. The highest BCUT2D eigenvalue weighted by molar-refractivity contribution is 5.78. The standard InChI is InChI=1S/C23H27N3O2/c27-21(25-15-8-1-2-9-16-25)14-17-26-20-13-7-6-12-19(20)24-23(26)22(28)18-10-4-3-5-11-18/h3-7,10-13,22,28H,1-2,8-9,14-17H2. The molecule has 2 aromatic carbocycles. The van der Waals surface area contributed by atoms with Gasteiger partial charge < -0.3 is 14.6 Å². The second kappa shape index (κ2) is 8.57. The molecule has 0 aliphatic carbocycles. The molecule has 0 bridgehead atoms. The molecule has 3 aromatic rings. The first-order valence-corrected chi connectivity index (χ1v) is 10.2. The topological polar surface area (TPSA) is 58.4 Å². The quantitative estimate of drug-likeness (QED) is 0.733. The summed E-state index contributed by atoms with van der Waals surface area (Å²) < 4.78 is 2.00. The summed E-state index contributed by atoms with van der Waals surface area (Å²) in [7, 11) is 0. The zero-order valence-electron chi connectivity index (χ0n) is 16.1. The maximum absolute atomic E-state index is 12.8. The molecular weight excluding hydrogens is 350 g/mol. The van der Waals surface area contributed by atoms with E-state index in [2.05, 4.69) is 4.98 Å². The fraction of sp³-hybridized carbons (Fsp3) is 0.391. The van der Waals surface area contributed by atoms with Gasteiger partial charge >= 0.3 is 0 Å². The van der Waals surface area contributed by atoms with Gasteiger partial charge in [0.25, 0.3) is 0 Å². The molecule has 1 unspecified atom stereocenters. The van der Waals surface area contributed by atoms with Crippen molar-refractivity contribution in [3.63, 3.8) is 0 Å². The van der Waals surface area contributed by atoms with E-state index in [1.165, 1.54) is 12.8 Å². The Hall–Kier alpha value is -2.66. The molecule has 2 heterocycles. The molecule has 28 heavy (non-hydrogen) atoms. The van der Waals surface area contributed by atoms with Crippen molar-refractivity contribution in [1.29, 1.82) is 0 Å². The first-order chi connectivity index (χ1) is 13.7. The Morgan fingerprint density at radius 2 is 1.64 bits per heavy atom. The summed E-state index contributed by atoms with van der Waals surface area (Å²) >= 11 is 0. The van der Waals surface area contributed by atoms with E-state index in [1.54, 1.807) is 0 Å². The Morgan fingerprint density at radius 3 is 2.39 bits per heavy atom. The van der Waals surface area contributed by atoms with Crippen LogP contribution >= 0.6 is 0 Å². The van der Waals surface area contributed by atoms with E-state index >= 15 is 0 Å². The predicted octanol–water partition coefficient (Wildman–Crippen LogP) is 3.91. The van der Waals surface area contributed by atoms with Crippen LogP contribution in [0.15, 0.2) is 54.6 Å². The van der Waals surface area contributed by atoms with Crippen LogP contribution in [0.3, 0.4) is 0 Å². The molecule has 1 N–H and O–H groups in total. The first-order valence-electron chi connectivity index (χ1n) is 10.2. The number of imidazole rings is 1. The van der Waals surface area contributed by atoms with E-state index in [1.807, 2.05) is 64.1 Å². The molecule has 0 saturated carbocycles. The molecule has 4 rings (SSSR count). The summed E-state index contributed by atoms with van der Waals surface area (Å²) in [6.07, 6.45) is 4.22. The Morgan fingerprint density at radius 1 is 0.964 bits per heavy atom. The maximum Gasteiger partial charge on any atom is 0.224 e. The molecule has 0 spiro atoms. The molecule has 5 heteroatoms. The summed E-state index contributed by atoms with van der Waals surface area (Å²) in [5, 5.41) is 10.9. The van der Waals surface area contributed by atoms with Gasteiger partial charge in [-0.2, -0.15) is 0 Å². The third-order valence-corrected chi connectivity index (χ3v) is 5.55. The summed E-state index contributed by atoms with van der Waals surface area (Å²) in [4.78, 5) is 19.4. The van der Waals surface area contributed by atoms with Crippen LogP contribution in [0.2, 0.25) is 0 Å². The number of fused-ring (bicyclic) bond motifs is 1. The molecule has 5 nitrogen and oxygen atoms in total. The van der Waals surface area contributed by atoms with Crippen LogP contribution < -0.4 is 0 Å². The fourth-order valence-electron chi connectivity index (χ4n) is 4.01. The highest BCUT2D eigenvalue weighted by atomic mass is 16.3. The fourth-order valence-corrected chi connectivity index (χ4v) is 4.01. The Kier molecular flexibility index (Phi) is 5.72. The molecule has 1 aliphatic rings. The number of aliphatic hydroxyl groups is 1. The van der Waals surface area contributed by atoms with Gasteiger partial charge in [0.15, 0.2) is 0 Å².